The smallest absolute Gasteiger partial charge is 0.267 e. The summed E-state index contributed by atoms with van der Waals surface area (Å²) in [5.41, 5.74) is 1.61. The van der Waals surface area contributed by atoms with Crippen molar-refractivity contribution in [3.8, 4) is 22.8 Å². The van der Waals surface area contributed by atoms with Crippen molar-refractivity contribution >= 4 is 11.6 Å². The van der Waals surface area contributed by atoms with E-state index in [2.05, 4.69) is 10.4 Å². The molecule has 29 heavy (non-hydrogen) atoms. The first-order chi connectivity index (χ1) is 14.1. The molecule has 150 valence electrons. The highest BCUT2D eigenvalue weighted by Gasteiger charge is 2.11. The van der Waals surface area contributed by atoms with Crippen LogP contribution in [0.5, 0.6) is 11.5 Å². The molecule has 0 bridgehead atoms. The molecule has 1 heterocycles. The molecule has 7 heteroatoms. The highest BCUT2D eigenvalue weighted by molar-refractivity contribution is 5.92. The summed E-state index contributed by atoms with van der Waals surface area (Å²) >= 11 is 0. The number of hydrogen-bond acceptors (Lipinski definition) is 5. The summed E-state index contributed by atoms with van der Waals surface area (Å²) in [5.74, 6) is 0.972. The molecule has 0 atom stereocenters. The molecule has 1 amide bonds. The lowest BCUT2D eigenvalue weighted by molar-refractivity contribution is -0.117. The Morgan fingerprint density at radius 3 is 2.41 bits per heavy atom. The van der Waals surface area contributed by atoms with Gasteiger partial charge in [-0.05, 0) is 56.3 Å². The average molecular weight is 393 g/mol. The predicted octanol–water partition coefficient (Wildman–Crippen LogP) is 3.35. The number of ether oxygens (including phenoxy) is 2. The van der Waals surface area contributed by atoms with E-state index >= 15 is 0 Å². The van der Waals surface area contributed by atoms with E-state index in [-0.39, 0.29) is 18.0 Å². The molecule has 0 unspecified atom stereocenters. The Labute approximate surface area is 168 Å². The second kappa shape index (κ2) is 9.54. The van der Waals surface area contributed by atoms with Crippen LogP contribution in [0.15, 0.2) is 65.5 Å². The second-order valence-corrected chi connectivity index (χ2v) is 6.15. The predicted molar refractivity (Wildman–Crippen MR) is 111 cm³/mol. The van der Waals surface area contributed by atoms with Crippen molar-refractivity contribution in [2.45, 2.75) is 20.4 Å². The molecule has 0 aliphatic rings. The minimum atomic E-state index is -0.365. The van der Waals surface area contributed by atoms with E-state index in [0.29, 0.717) is 30.3 Å². The first kappa shape index (κ1) is 20.1. The van der Waals surface area contributed by atoms with Gasteiger partial charge in [0.1, 0.15) is 18.0 Å². The van der Waals surface area contributed by atoms with E-state index in [1.54, 1.807) is 24.3 Å². The van der Waals surface area contributed by atoms with Gasteiger partial charge in [0.25, 0.3) is 5.56 Å². The van der Waals surface area contributed by atoms with Crippen LogP contribution in [0.25, 0.3) is 11.3 Å². The molecule has 0 aliphatic heterocycles. The van der Waals surface area contributed by atoms with Crippen LogP contribution in [0.4, 0.5) is 5.69 Å². The van der Waals surface area contributed by atoms with E-state index in [0.717, 1.165) is 16.0 Å². The molecule has 1 N–H and O–H groups in total. The van der Waals surface area contributed by atoms with Crippen molar-refractivity contribution < 1.29 is 14.3 Å². The van der Waals surface area contributed by atoms with Crippen LogP contribution in [0.3, 0.4) is 0 Å². The molecule has 3 aromatic rings. The van der Waals surface area contributed by atoms with Gasteiger partial charge in [-0.15, -0.1) is 0 Å². The summed E-state index contributed by atoms with van der Waals surface area (Å²) < 4.78 is 12.1. The molecule has 0 radical (unpaired) electrons. The Hall–Kier alpha value is -3.61. The zero-order valence-corrected chi connectivity index (χ0v) is 16.4. The number of benzene rings is 2. The van der Waals surface area contributed by atoms with E-state index in [1.165, 1.54) is 6.07 Å². The maximum absolute atomic E-state index is 12.5. The fourth-order valence-electron chi connectivity index (χ4n) is 2.78. The molecular weight excluding hydrogens is 370 g/mol. The van der Waals surface area contributed by atoms with Crippen LogP contribution in [-0.4, -0.2) is 28.9 Å². The Balaban J connectivity index is 1.76. The molecule has 0 fully saturated rings. The van der Waals surface area contributed by atoms with Gasteiger partial charge in [0.2, 0.25) is 5.91 Å². The third kappa shape index (κ3) is 5.22. The highest BCUT2D eigenvalue weighted by atomic mass is 16.5. The van der Waals surface area contributed by atoms with Gasteiger partial charge < -0.3 is 14.8 Å². The fraction of sp³-hybridized carbons (Fsp3) is 0.227. The van der Waals surface area contributed by atoms with Crippen LogP contribution < -0.4 is 20.3 Å². The molecule has 0 spiro atoms. The number of rotatable bonds is 8. The van der Waals surface area contributed by atoms with Gasteiger partial charge in [0.15, 0.2) is 0 Å². The van der Waals surface area contributed by atoms with Crippen LogP contribution in [-0.2, 0) is 11.3 Å². The number of para-hydroxylation sites is 2. The summed E-state index contributed by atoms with van der Waals surface area (Å²) in [6.07, 6.45) is 0. The summed E-state index contributed by atoms with van der Waals surface area (Å²) in [6.45, 7) is 4.66. The average Bonchev–Trinajstić information content (AvgIpc) is 2.72. The van der Waals surface area contributed by atoms with Gasteiger partial charge in [0.05, 0.1) is 24.6 Å². The van der Waals surface area contributed by atoms with Crippen LogP contribution in [0, 0.1) is 0 Å². The number of aromatic nitrogens is 2. The topological polar surface area (TPSA) is 82.5 Å². The minimum absolute atomic E-state index is 0.204. The molecular formula is C22H23N3O4. The van der Waals surface area contributed by atoms with Crippen molar-refractivity contribution in [3.63, 3.8) is 0 Å². The second-order valence-electron chi connectivity index (χ2n) is 6.15. The molecule has 7 nitrogen and oxygen atoms in total. The maximum atomic E-state index is 12.5. The van der Waals surface area contributed by atoms with Gasteiger partial charge in [0, 0.05) is 11.6 Å². The molecule has 0 saturated carbocycles. The van der Waals surface area contributed by atoms with Gasteiger partial charge in [-0.3, -0.25) is 9.59 Å². The monoisotopic (exact) mass is 393 g/mol. The zero-order chi connectivity index (χ0) is 20.6. The van der Waals surface area contributed by atoms with Crippen molar-refractivity contribution in [3.05, 3.63) is 71.0 Å². The van der Waals surface area contributed by atoms with Crippen molar-refractivity contribution in [1.29, 1.82) is 0 Å². The lowest BCUT2D eigenvalue weighted by atomic mass is 10.1. The summed E-state index contributed by atoms with van der Waals surface area (Å²) in [4.78, 5) is 24.6. The molecule has 2 aromatic carbocycles. The largest absolute Gasteiger partial charge is 0.494 e. The Morgan fingerprint density at radius 1 is 0.966 bits per heavy atom. The normalized spacial score (nSPS) is 10.4. The number of amides is 1. The molecule has 0 aliphatic carbocycles. The van der Waals surface area contributed by atoms with E-state index in [9.17, 15) is 9.59 Å². The third-order valence-corrected chi connectivity index (χ3v) is 4.08. The van der Waals surface area contributed by atoms with Gasteiger partial charge in [-0.2, -0.15) is 5.10 Å². The summed E-state index contributed by atoms with van der Waals surface area (Å²) in [6, 6.07) is 17.6. The van der Waals surface area contributed by atoms with E-state index in [4.69, 9.17) is 9.47 Å². The summed E-state index contributed by atoms with van der Waals surface area (Å²) in [5, 5.41) is 7.10. The lowest BCUT2D eigenvalue weighted by Gasteiger charge is -2.12. The minimum Gasteiger partial charge on any atom is -0.494 e. The van der Waals surface area contributed by atoms with E-state index in [1.807, 2.05) is 44.2 Å². The lowest BCUT2D eigenvalue weighted by Crippen LogP contribution is -2.29. The van der Waals surface area contributed by atoms with Gasteiger partial charge in [-0.25, -0.2) is 4.68 Å². The SMILES string of the molecule is CCOc1ccc(-c2ccc(=O)n(CC(=O)Nc3ccccc3OCC)n2)cc1. The number of anilines is 1. The Kier molecular flexibility index (Phi) is 6.63. The van der Waals surface area contributed by atoms with E-state index < -0.39 is 0 Å². The number of hydrogen-bond donors (Lipinski definition) is 1. The quantitative estimate of drug-likeness (QED) is 0.635. The highest BCUT2D eigenvalue weighted by Crippen LogP contribution is 2.23. The number of carbonyl (C=O) groups excluding carboxylic acids is 1. The number of nitrogens with one attached hydrogen (secondary N) is 1. The standard InChI is InChI=1S/C22H23N3O4/c1-3-28-17-11-9-16(10-12-17)18-13-14-22(27)25(24-18)15-21(26)23-19-7-5-6-8-20(19)29-4-2/h5-14H,3-4,15H2,1-2H3,(H,23,26). The van der Waals surface area contributed by atoms with Crippen molar-refractivity contribution in [2.24, 2.45) is 0 Å². The maximum Gasteiger partial charge on any atom is 0.267 e. The Morgan fingerprint density at radius 2 is 1.69 bits per heavy atom. The van der Waals surface area contributed by atoms with Crippen molar-refractivity contribution in [2.75, 3.05) is 18.5 Å². The molecule has 0 saturated heterocycles. The Bertz CT molecular complexity index is 1030. The van der Waals surface area contributed by atoms with Gasteiger partial charge in [-0.1, -0.05) is 12.1 Å². The van der Waals surface area contributed by atoms with Crippen molar-refractivity contribution in [1.82, 2.24) is 9.78 Å². The first-order valence-corrected chi connectivity index (χ1v) is 9.43. The summed E-state index contributed by atoms with van der Waals surface area (Å²) in [7, 11) is 0. The number of carbonyl (C=O) groups is 1. The molecule has 1 aromatic heterocycles. The van der Waals surface area contributed by atoms with Crippen LogP contribution >= 0.6 is 0 Å². The van der Waals surface area contributed by atoms with Gasteiger partial charge >= 0.3 is 0 Å². The first-order valence-electron chi connectivity index (χ1n) is 9.43. The fourth-order valence-corrected chi connectivity index (χ4v) is 2.78. The number of nitrogens with zero attached hydrogens (tertiary/aromatic N) is 2. The van der Waals surface area contributed by atoms with Crippen LogP contribution in [0.2, 0.25) is 0 Å². The zero-order valence-electron chi connectivity index (χ0n) is 16.4. The third-order valence-electron chi connectivity index (χ3n) is 4.08. The molecule has 3 rings (SSSR count). The van der Waals surface area contributed by atoms with Crippen LogP contribution in [0.1, 0.15) is 13.8 Å².